The third kappa shape index (κ3) is 4.16. The average molecular weight is 448 g/mol. The second-order valence-electron chi connectivity index (χ2n) is 8.05. The van der Waals surface area contributed by atoms with Gasteiger partial charge in [-0.3, -0.25) is 4.79 Å². The van der Waals surface area contributed by atoms with Gasteiger partial charge in [0, 0.05) is 19.7 Å². The van der Waals surface area contributed by atoms with Crippen molar-refractivity contribution in [2.45, 2.75) is 19.8 Å². The number of aromatic nitrogens is 1. The number of carbonyl (C=O) groups is 1. The molecule has 0 spiro atoms. The maximum absolute atomic E-state index is 14.2. The van der Waals surface area contributed by atoms with Crippen LogP contribution in [0.2, 0.25) is 0 Å². The van der Waals surface area contributed by atoms with E-state index in [4.69, 9.17) is 9.47 Å². The number of methoxy groups -OCH3 is 2. The fraction of sp³-hybridized carbons (Fsp3) is 0.222. The van der Waals surface area contributed by atoms with E-state index in [1.165, 1.54) is 26.4 Å². The number of nitrogens with zero attached hydrogens (tertiary/aromatic N) is 1. The van der Waals surface area contributed by atoms with Crippen molar-refractivity contribution in [3.05, 3.63) is 82.4 Å². The number of ether oxygens (including phenoxy) is 2. The maximum Gasteiger partial charge on any atom is 0.200 e. The highest BCUT2D eigenvalue weighted by molar-refractivity contribution is 6.06. The van der Waals surface area contributed by atoms with Gasteiger partial charge in [0.2, 0.25) is 5.75 Å². The minimum absolute atomic E-state index is 0.0474. The zero-order valence-corrected chi connectivity index (χ0v) is 19.1. The molecule has 0 radical (unpaired) electrons. The highest BCUT2D eigenvalue weighted by atomic mass is 19.1. The molecule has 0 aliphatic heterocycles. The van der Waals surface area contributed by atoms with Crippen molar-refractivity contribution in [3.63, 3.8) is 0 Å². The van der Waals surface area contributed by atoms with Crippen LogP contribution in [0.4, 0.5) is 4.39 Å². The fourth-order valence-corrected chi connectivity index (χ4v) is 4.36. The number of Topliss-reactive ketones (excluding diaryl/α,β-unsaturated/α-hetero) is 1. The first kappa shape index (κ1) is 22.4. The molecule has 6 heteroatoms. The molecule has 1 aromatic heterocycles. The van der Waals surface area contributed by atoms with Crippen LogP contribution in [0.5, 0.6) is 17.2 Å². The van der Waals surface area contributed by atoms with Crippen LogP contribution < -0.4 is 9.47 Å². The van der Waals surface area contributed by atoms with Crippen molar-refractivity contribution in [1.29, 1.82) is 0 Å². The summed E-state index contributed by atoms with van der Waals surface area (Å²) in [5.41, 5.74) is 6.01. The summed E-state index contributed by atoms with van der Waals surface area (Å²) in [5.74, 6) is 0.263. The van der Waals surface area contributed by atoms with E-state index in [2.05, 4.69) is 0 Å². The topological polar surface area (TPSA) is 60.7 Å². The molecular formula is C27H26FNO4. The van der Waals surface area contributed by atoms with Crippen LogP contribution in [0.1, 0.15) is 46.9 Å². The number of allylic oxidation sites excluding steroid dienone is 3. The first-order valence-electron chi connectivity index (χ1n) is 10.7. The van der Waals surface area contributed by atoms with Crippen LogP contribution in [0.15, 0.2) is 54.2 Å². The lowest BCUT2D eigenvalue weighted by Gasteiger charge is -2.11. The summed E-state index contributed by atoms with van der Waals surface area (Å²) in [6, 6.07) is 11.8. The Hall–Kier alpha value is -3.80. The highest BCUT2D eigenvalue weighted by Gasteiger charge is 2.25. The summed E-state index contributed by atoms with van der Waals surface area (Å²) in [6.07, 6.45) is 4.64. The molecule has 0 atom stereocenters. The Morgan fingerprint density at radius 3 is 2.39 bits per heavy atom. The molecule has 3 aromatic rings. The van der Waals surface area contributed by atoms with Crippen LogP contribution >= 0.6 is 0 Å². The van der Waals surface area contributed by atoms with E-state index < -0.39 is 0 Å². The number of carbonyl (C=O) groups excluding carboxylic acids is 1. The van der Waals surface area contributed by atoms with Crippen LogP contribution in [0, 0.1) is 5.82 Å². The van der Waals surface area contributed by atoms with Crippen molar-refractivity contribution < 1.29 is 23.8 Å². The summed E-state index contributed by atoms with van der Waals surface area (Å²) in [6.45, 7) is 1.99. The summed E-state index contributed by atoms with van der Waals surface area (Å²) in [7, 11) is 4.80. The average Bonchev–Trinajstić information content (AvgIpc) is 3.34. The van der Waals surface area contributed by atoms with Gasteiger partial charge in [0.25, 0.3) is 0 Å². The Kier molecular flexibility index (Phi) is 6.09. The number of benzene rings is 2. The van der Waals surface area contributed by atoms with E-state index in [1.54, 1.807) is 18.2 Å². The standard InChI is InChI=1S/C27H26FNO4/c1-16-19(9-10-24(30)23-6-5-11-29(23)2)22-15-18(28)7-8-20(22)21(16)12-17-13-25(32-3)27(31)26(14-17)33-4/h5-8,11-15,31H,9-10H2,1-4H3/b21-12-. The molecule has 33 heavy (non-hydrogen) atoms. The van der Waals surface area contributed by atoms with Gasteiger partial charge in [0.05, 0.1) is 19.9 Å². The smallest absolute Gasteiger partial charge is 0.200 e. The second kappa shape index (κ2) is 8.98. The number of aryl methyl sites for hydroxylation is 1. The summed E-state index contributed by atoms with van der Waals surface area (Å²) >= 11 is 0. The zero-order chi connectivity index (χ0) is 23.7. The van der Waals surface area contributed by atoms with Crippen molar-refractivity contribution in [3.8, 4) is 17.2 Å². The summed E-state index contributed by atoms with van der Waals surface area (Å²) < 4.78 is 26.5. The van der Waals surface area contributed by atoms with Gasteiger partial charge >= 0.3 is 0 Å². The number of phenols is 1. The molecule has 0 fully saturated rings. The first-order chi connectivity index (χ1) is 15.8. The number of aromatic hydroxyl groups is 1. The normalized spacial score (nSPS) is 14.0. The molecule has 0 saturated heterocycles. The Balaban J connectivity index is 1.74. The molecule has 1 aliphatic carbocycles. The van der Waals surface area contributed by atoms with Crippen molar-refractivity contribution in [2.75, 3.05) is 14.2 Å². The van der Waals surface area contributed by atoms with Crippen LogP contribution in [-0.4, -0.2) is 29.7 Å². The third-order valence-electron chi connectivity index (χ3n) is 6.10. The van der Waals surface area contributed by atoms with Gasteiger partial charge in [-0.2, -0.15) is 0 Å². The lowest BCUT2D eigenvalue weighted by atomic mass is 9.99. The number of fused-ring (bicyclic) bond motifs is 1. The van der Waals surface area contributed by atoms with E-state index >= 15 is 0 Å². The predicted octanol–water partition coefficient (Wildman–Crippen LogP) is 5.88. The largest absolute Gasteiger partial charge is 0.502 e. The minimum Gasteiger partial charge on any atom is -0.502 e. The van der Waals surface area contributed by atoms with Gasteiger partial charge in [0.1, 0.15) is 5.82 Å². The molecule has 2 aromatic carbocycles. The van der Waals surface area contributed by atoms with Crippen molar-refractivity contribution in [1.82, 2.24) is 4.57 Å². The van der Waals surface area contributed by atoms with Gasteiger partial charge in [-0.05, 0) is 89.2 Å². The molecule has 170 valence electrons. The van der Waals surface area contributed by atoms with Gasteiger partial charge in [0.15, 0.2) is 17.3 Å². The van der Waals surface area contributed by atoms with E-state index in [-0.39, 0.29) is 17.3 Å². The Bertz CT molecular complexity index is 1270. The lowest BCUT2D eigenvalue weighted by Crippen LogP contribution is -2.05. The summed E-state index contributed by atoms with van der Waals surface area (Å²) in [4.78, 5) is 12.7. The fourth-order valence-electron chi connectivity index (χ4n) is 4.36. The van der Waals surface area contributed by atoms with Crippen LogP contribution in [0.3, 0.4) is 0 Å². The number of ketones is 1. The molecule has 0 unspecified atom stereocenters. The number of phenolic OH excluding ortho intramolecular Hbond substituents is 1. The molecule has 0 saturated carbocycles. The van der Waals surface area contributed by atoms with Gasteiger partial charge in [-0.25, -0.2) is 4.39 Å². The van der Waals surface area contributed by atoms with E-state index in [0.29, 0.717) is 30.0 Å². The lowest BCUT2D eigenvalue weighted by molar-refractivity contribution is 0.0976. The first-order valence-corrected chi connectivity index (χ1v) is 10.7. The number of rotatable bonds is 7. The van der Waals surface area contributed by atoms with Gasteiger partial charge in [-0.15, -0.1) is 0 Å². The SMILES string of the molecule is COc1cc(/C=C2/C(C)=C(CCC(=O)c3cccn3C)c3cc(F)ccc32)cc(OC)c1O. The third-order valence-corrected chi connectivity index (χ3v) is 6.10. The van der Waals surface area contributed by atoms with Crippen LogP contribution in [0.25, 0.3) is 17.2 Å². The number of hydrogen-bond acceptors (Lipinski definition) is 4. The molecular weight excluding hydrogens is 421 g/mol. The molecule has 4 rings (SSSR count). The molecule has 1 heterocycles. The van der Waals surface area contributed by atoms with Crippen LogP contribution in [-0.2, 0) is 7.05 Å². The Morgan fingerprint density at radius 1 is 1.09 bits per heavy atom. The van der Waals surface area contributed by atoms with Crippen molar-refractivity contribution >= 4 is 23.0 Å². The minimum atomic E-state index is -0.318. The molecule has 1 aliphatic rings. The molecule has 0 bridgehead atoms. The van der Waals surface area contributed by atoms with Gasteiger partial charge in [-0.1, -0.05) is 6.07 Å². The quantitative estimate of drug-likeness (QED) is 0.460. The highest BCUT2D eigenvalue weighted by Crippen LogP contribution is 2.45. The molecule has 5 nitrogen and oxygen atoms in total. The predicted molar refractivity (Wildman–Crippen MR) is 127 cm³/mol. The Labute approximate surface area is 192 Å². The Morgan fingerprint density at radius 2 is 1.79 bits per heavy atom. The zero-order valence-electron chi connectivity index (χ0n) is 19.1. The van der Waals surface area contributed by atoms with E-state index in [1.807, 2.05) is 42.9 Å². The maximum atomic E-state index is 14.2. The molecule has 1 N–H and O–H groups in total. The monoisotopic (exact) mass is 447 g/mol. The van der Waals surface area contributed by atoms with E-state index in [0.717, 1.165) is 33.4 Å². The summed E-state index contributed by atoms with van der Waals surface area (Å²) in [5, 5.41) is 10.2. The number of halogens is 1. The number of hydrogen-bond donors (Lipinski definition) is 1. The van der Waals surface area contributed by atoms with Crippen molar-refractivity contribution in [2.24, 2.45) is 7.05 Å². The van der Waals surface area contributed by atoms with Gasteiger partial charge < -0.3 is 19.1 Å². The second-order valence-corrected chi connectivity index (χ2v) is 8.05. The molecule has 0 amide bonds. The van der Waals surface area contributed by atoms with E-state index in [9.17, 15) is 14.3 Å².